The zero-order valence-corrected chi connectivity index (χ0v) is 12.0. The van der Waals surface area contributed by atoms with E-state index < -0.39 is 10.0 Å². The maximum absolute atomic E-state index is 12.3. The van der Waals surface area contributed by atoms with Crippen LogP contribution in [0, 0.1) is 5.92 Å². The van der Waals surface area contributed by atoms with E-state index in [9.17, 15) is 8.42 Å². The quantitative estimate of drug-likeness (QED) is 0.857. The maximum atomic E-state index is 12.3. The van der Waals surface area contributed by atoms with Gasteiger partial charge in [0.25, 0.3) is 10.0 Å². The van der Waals surface area contributed by atoms with Crippen molar-refractivity contribution in [3.63, 3.8) is 0 Å². The largest absolute Gasteiger partial charge is 0.332 e. The molecule has 7 heteroatoms. The van der Waals surface area contributed by atoms with Crippen LogP contribution in [0.25, 0.3) is 0 Å². The third-order valence-corrected chi connectivity index (χ3v) is 5.59. The van der Waals surface area contributed by atoms with Crippen molar-refractivity contribution in [2.24, 2.45) is 5.92 Å². The summed E-state index contributed by atoms with van der Waals surface area (Å²) in [6, 6.07) is 0. The Bertz CT molecular complexity index is 492. The van der Waals surface area contributed by atoms with E-state index in [0.717, 1.165) is 12.8 Å². The second kappa shape index (κ2) is 5.59. The number of aryl methyl sites for hydroxylation is 1. The van der Waals surface area contributed by atoms with Gasteiger partial charge in [-0.25, -0.2) is 13.4 Å². The maximum Gasteiger partial charge on any atom is 0.260 e. The third-order valence-electron chi connectivity index (χ3n) is 3.35. The molecular formula is C11H18ClN3O2S. The lowest BCUT2D eigenvalue weighted by atomic mass is 10.0. The number of rotatable bonds is 4. The van der Waals surface area contributed by atoms with E-state index in [2.05, 4.69) is 9.97 Å². The van der Waals surface area contributed by atoms with Gasteiger partial charge in [0.1, 0.15) is 5.82 Å². The first-order valence-electron chi connectivity index (χ1n) is 6.18. The van der Waals surface area contributed by atoms with Gasteiger partial charge >= 0.3 is 0 Å². The van der Waals surface area contributed by atoms with Crippen molar-refractivity contribution in [3.8, 4) is 0 Å². The molecule has 0 spiro atoms. The Kier molecular flexibility index (Phi) is 4.29. The fourth-order valence-electron chi connectivity index (χ4n) is 2.10. The topological polar surface area (TPSA) is 66.1 Å². The number of aromatic nitrogens is 2. The Balaban J connectivity index is 2.12. The molecule has 18 heavy (non-hydrogen) atoms. The van der Waals surface area contributed by atoms with Crippen molar-refractivity contribution < 1.29 is 8.42 Å². The molecule has 0 aromatic carbocycles. The number of nitrogens with one attached hydrogen (secondary N) is 1. The first kappa shape index (κ1) is 13.8. The number of hydrogen-bond acceptors (Lipinski definition) is 3. The Hall–Kier alpha value is -0.590. The number of aromatic amines is 1. The lowest BCUT2D eigenvalue weighted by Crippen LogP contribution is -2.38. The number of H-pyrrole nitrogens is 1. The first-order valence-corrected chi connectivity index (χ1v) is 8.15. The average molecular weight is 292 g/mol. The molecule has 2 heterocycles. The third kappa shape index (κ3) is 2.70. The summed E-state index contributed by atoms with van der Waals surface area (Å²) in [6.07, 6.45) is 3.76. The van der Waals surface area contributed by atoms with Crippen LogP contribution < -0.4 is 0 Å². The van der Waals surface area contributed by atoms with Crippen LogP contribution >= 0.6 is 11.6 Å². The minimum atomic E-state index is -3.41. The van der Waals surface area contributed by atoms with Gasteiger partial charge in [-0.2, -0.15) is 4.31 Å². The van der Waals surface area contributed by atoms with E-state index in [1.807, 2.05) is 6.92 Å². The summed E-state index contributed by atoms with van der Waals surface area (Å²) in [5, 5.41) is 0.198. The van der Waals surface area contributed by atoms with E-state index in [1.165, 1.54) is 10.5 Å². The van der Waals surface area contributed by atoms with Gasteiger partial charge in [-0.05, 0) is 18.8 Å². The van der Waals surface area contributed by atoms with Gasteiger partial charge in [-0.1, -0.05) is 6.92 Å². The average Bonchev–Trinajstić information content (AvgIpc) is 2.88. The van der Waals surface area contributed by atoms with E-state index in [1.54, 1.807) is 0 Å². The van der Waals surface area contributed by atoms with Gasteiger partial charge in [0.15, 0.2) is 5.03 Å². The van der Waals surface area contributed by atoms with Crippen molar-refractivity contribution in [1.82, 2.24) is 14.3 Å². The summed E-state index contributed by atoms with van der Waals surface area (Å²) >= 11 is 5.80. The summed E-state index contributed by atoms with van der Waals surface area (Å²) < 4.78 is 26.2. The zero-order valence-electron chi connectivity index (χ0n) is 10.4. The molecule has 1 saturated heterocycles. The lowest BCUT2D eigenvalue weighted by Gasteiger charge is -2.29. The highest BCUT2D eigenvalue weighted by atomic mass is 35.5. The molecule has 1 aromatic heterocycles. The molecular weight excluding hydrogens is 274 g/mol. The van der Waals surface area contributed by atoms with Gasteiger partial charge in [-0.15, -0.1) is 11.6 Å². The van der Waals surface area contributed by atoms with Crippen molar-refractivity contribution in [2.45, 2.75) is 31.2 Å². The molecule has 0 amide bonds. The van der Waals surface area contributed by atoms with Crippen molar-refractivity contribution in [3.05, 3.63) is 12.0 Å². The summed E-state index contributed by atoms with van der Waals surface area (Å²) in [6.45, 7) is 3.02. The monoisotopic (exact) mass is 291 g/mol. The van der Waals surface area contributed by atoms with Crippen LogP contribution in [-0.2, 0) is 16.4 Å². The highest BCUT2D eigenvalue weighted by molar-refractivity contribution is 7.89. The predicted molar refractivity (Wildman–Crippen MR) is 70.2 cm³/mol. The molecule has 1 fully saturated rings. The second-order valence-electron chi connectivity index (χ2n) is 4.55. The highest BCUT2D eigenvalue weighted by Crippen LogP contribution is 2.23. The molecule has 1 aliphatic rings. The molecule has 1 N–H and O–H groups in total. The summed E-state index contributed by atoms with van der Waals surface area (Å²) in [7, 11) is -3.41. The minimum Gasteiger partial charge on any atom is -0.332 e. The van der Waals surface area contributed by atoms with Gasteiger partial charge in [0.2, 0.25) is 0 Å². The smallest absolute Gasteiger partial charge is 0.260 e. The fourth-order valence-corrected chi connectivity index (χ4v) is 3.81. The lowest BCUT2D eigenvalue weighted by molar-refractivity contribution is 0.289. The molecule has 0 bridgehead atoms. The van der Waals surface area contributed by atoms with Crippen LogP contribution in [0.15, 0.2) is 11.2 Å². The van der Waals surface area contributed by atoms with Crippen molar-refractivity contribution >= 4 is 21.6 Å². The molecule has 0 aliphatic carbocycles. The normalized spacial score (nSPS) is 19.2. The Morgan fingerprint density at radius 3 is 2.67 bits per heavy atom. The standard InChI is InChI=1S/C11H18ClN3O2S/c1-2-10-13-8-11(14-10)18(16,17)15-5-3-9(7-12)4-6-15/h8-9H,2-7H2,1H3,(H,13,14). The van der Waals surface area contributed by atoms with Gasteiger partial charge < -0.3 is 4.98 Å². The van der Waals surface area contributed by atoms with E-state index in [4.69, 9.17) is 11.6 Å². The van der Waals surface area contributed by atoms with Crippen LogP contribution in [0.2, 0.25) is 0 Å². The zero-order chi connectivity index (χ0) is 13.2. The van der Waals surface area contributed by atoms with Gasteiger partial charge in [-0.3, -0.25) is 0 Å². The molecule has 1 aromatic rings. The fraction of sp³-hybridized carbons (Fsp3) is 0.727. The summed E-state index contributed by atoms with van der Waals surface area (Å²) in [5.74, 6) is 1.74. The molecule has 0 atom stereocenters. The second-order valence-corrected chi connectivity index (χ2v) is 6.76. The van der Waals surface area contributed by atoms with Crippen molar-refractivity contribution in [2.75, 3.05) is 19.0 Å². The van der Waals surface area contributed by atoms with Gasteiger partial charge in [0.05, 0.1) is 6.20 Å². The van der Waals surface area contributed by atoms with E-state index in [0.29, 0.717) is 37.1 Å². The molecule has 0 unspecified atom stereocenters. The molecule has 0 radical (unpaired) electrons. The van der Waals surface area contributed by atoms with E-state index >= 15 is 0 Å². The Morgan fingerprint density at radius 1 is 1.50 bits per heavy atom. The van der Waals surface area contributed by atoms with Crippen LogP contribution in [0.1, 0.15) is 25.6 Å². The number of nitrogens with zero attached hydrogens (tertiary/aromatic N) is 2. The summed E-state index contributed by atoms with van der Waals surface area (Å²) in [5.41, 5.74) is 0. The molecule has 1 aliphatic heterocycles. The van der Waals surface area contributed by atoms with Gasteiger partial charge in [0, 0.05) is 25.4 Å². The number of halogens is 1. The van der Waals surface area contributed by atoms with Crippen LogP contribution in [0.3, 0.4) is 0 Å². The molecule has 102 valence electrons. The van der Waals surface area contributed by atoms with Crippen LogP contribution in [0.4, 0.5) is 0 Å². The first-order chi connectivity index (χ1) is 8.57. The van der Waals surface area contributed by atoms with E-state index in [-0.39, 0.29) is 5.03 Å². The molecule has 2 rings (SSSR count). The molecule has 5 nitrogen and oxygen atoms in total. The minimum absolute atomic E-state index is 0.198. The number of piperidine rings is 1. The number of alkyl halides is 1. The Labute approximate surface area is 113 Å². The predicted octanol–water partition coefficient (Wildman–Crippen LogP) is 1.61. The van der Waals surface area contributed by atoms with Crippen LogP contribution in [-0.4, -0.2) is 41.7 Å². The molecule has 0 saturated carbocycles. The number of hydrogen-bond donors (Lipinski definition) is 1. The summed E-state index contributed by atoms with van der Waals surface area (Å²) in [4.78, 5) is 6.90. The number of sulfonamides is 1. The Morgan fingerprint density at radius 2 is 2.17 bits per heavy atom. The highest BCUT2D eigenvalue weighted by Gasteiger charge is 2.30. The SMILES string of the molecule is CCc1ncc(S(=O)(=O)N2CCC(CCl)CC2)[nH]1. The number of imidazole rings is 1. The van der Waals surface area contributed by atoms with Crippen molar-refractivity contribution in [1.29, 1.82) is 0 Å². The van der Waals surface area contributed by atoms with Crippen LogP contribution in [0.5, 0.6) is 0 Å².